The van der Waals surface area contributed by atoms with Crippen LogP contribution in [0.1, 0.15) is 37.6 Å². The van der Waals surface area contributed by atoms with E-state index in [9.17, 15) is 4.79 Å². The monoisotopic (exact) mass is 321 g/mol. The van der Waals surface area contributed by atoms with Gasteiger partial charge in [-0.1, -0.05) is 41.6 Å². The highest BCUT2D eigenvalue weighted by Crippen LogP contribution is 2.46. The summed E-state index contributed by atoms with van der Waals surface area (Å²) in [4.78, 5) is 12.6. The number of hydrogen-bond donors (Lipinski definition) is 2. The third-order valence-corrected chi connectivity index (χ3v) is 4.73. The maximum Gasteiger partial charge on any atom is 0.224 e. The van der Waals surface area contributed by atoms with Gasteiger partial charge in [-0.25, -0.2) is 0 Å². The van der Waals surface area contributed by atoms with E-state index in [0.29, 0.717) is 5.82 Å². The highest BCUT2D eigenvalue weighted by Gasteiger charge is 2.47. The second kappa shape index (κ2) is 5.40. The van der Waals surface area contributed by atoms with E-state index in [2.05, 4.69) is 56.3 Å². The number of tetrazole rings is 1. The van der Waals surface area contributed by atoms with Crippen LogP contribution in [0.2, 0.25) is 0 Å². The van der Waals surface area contributed by atoms with E-state index in [1.54, 1.807) is 0 Å². The molecule has 6 heteroatoms. The predicted molar refractivity (Wildman–Crippen MR) is 90.1 cm³/mol. The van der Waals surface area contributed by atoms with Gasteiger partial charge in [0.15, 0.2) is 5.82 Å². The van der Waals surface area contributed by atoms with Crippen LogP contribution in [0.25, 0.3) is 10.8 Å². The van der Waals surface area contributed by atoms with E-state index < -0.39 is 5.54 Å². The van der Waals surface area contributed by atoms with Crippen LogP contribution < -0.4 is 5.32 Å². The Balaban J connectivity index is 1.51. The van der Waals surface area contributed by atoms with Crippen molar-refractivity contribution in [1.29, 1.82) is 0 Å². The number of carbonyl (C=O) groups excluding carboxylic acids is 1. The van der Waals surface area contributed by atoms with E-state index in [-0.39, 0.29) is 17.7 Å². The smallest absolute Gasteiger partial charge is 0.224 e. The lowest BCUT2D eigenvalue weighted by molar-refractivity contribution is -0.124. The van der Waals surface area contributed by atoms with Crippen LogP contribution in [-0.4, -0.2) is 26.5 Å². The molecule has 1 fully saturated rings. The van der Waals surface area contributed by atoms with Crippen molar-refractivity contribution < 1.29 is 4.79 Å². The van der Waals surface area contributed by atoms with Crippen LogP contribution in [0.4, 0.5) is 0 Å². The first kappa shape index (κ1) is 14.8. The van der Waals surface area contributed by atoms with Crippen molar-refractivity contribution in [3.8, 4) is 0 Å². The number of benzene rings is 2. The summed E-state index contributed by atoms with van der Waals surface area (Å²) >= 11 is 0. The molecule has 2 atom stereocenters. The highest BCUT2D eigenvalue weighted by molar-refractivity contribution is 5.85. The van der Waals surface area contributed by atoms with Gasteiger partial charge in [-0.2, -0.15) is 5.21 Å². The summed E-state index contributed by atoms with van der Waals surface area (Å²) in [5.41, 5.74) is 0.650. The maximum atomic E-state index is 12.6. The van der Waals surface area contributed by atoms with Crippen molar-refractivity contribution in [1.82, 2.24) is 25.9 Å². The first-order chi connectivity index (χ1) is 11.5. The van der Waals surface area contributed by atoms with Gasteiger partial charge < -0.3 is 5.32 Å². The van der Waals surface area contributed by atoms with Gasteiger partial charge in [-0.3, -0.25) is 4.79 Å². The fraction of sp³-hybridized carbons (Fsp3) is 0.333. The van der Waals surface area contributed by atoms with Crippen LogP contribution in [-0.2, 0) is 10.3 Å². The lowest BCUT2D eigenvalue weighted by Crippen LogP contribution is -2.42. The molecular formula is C18H19N5O. The van der Waals surface area contributed by atoms with E-state index in [4.69, 9.17) is 0 Å². The zero-order valence-corrected chi connectivity index (χ0v) is 13.7. The molecule has 1 saturated carbocycles. The minimum atomic E-state index is -0.439. The Labute approximate surface area is 139 Å². The predicted octanol–water partition coefficient (Wildman–Crippen LogP) is 2.51. The lowest BCUT2D eigenvalue weighted by atomic mass is 9.92. The first-order valence-electron chi connectivity index (χ1n) is 8.09. The molecule has 0 spiro atoms. The van der Waals surface area contributed by atoms with Gasteiger partial charge in [0, 0.05) is 11.8 Å². The highest BCUT2D eigenvalue weighted by atomic mass is 16.2. The molecule has 24 heavy (non-hydrogen) atoms. The van der Waals surface area contributed by atoms with Gasteiger partial charge >= 0.3 is 0 Å². The number of H-pyrrole nitrogens is 1. The lowest BCUT2D eigenvalue weighted by Gasteiger charge is -2.27. The SMILES string of the molecule is CC(C)(NC(=O)[C@@H]1C[C@H]1c1nn[nH]n1)c1ccc2ccccc2c1. The van der Waals surface area contributed by atoms with Crippen molar-refractivity contribution in [2.75, 3.05) is 0 Å². The summed E-state index contributed by atoms with van der Waals surface area (Å²) in [6.45, 7) is 4.06. The summed E-state index contributed by atoms with van der Waals surface area (Å²) < 4.78 is 0. The van der Waals surface area contributed by atoms with Crippen molar-refractivity contribution in [2.24, 2.45) is 5.92 Å². The van der Waals surface area contributed by atoms with Crippen molar-refractivity contribution in [3.05, 3.63) is 53.9 Å². The Morgan fingerprint density at radius 2 is 2.00 bits per heavy atom. The molecule has 3 aromatic rings. The molecule has 1 aliphatic rings. The molecule has 6 nitrogen and oxygen atoms in total. The van der Waals surface area contributed by atoms with Gasteiger partial charge in [-0.05, 0) is 42.7 Å². The Bertz CT molecular complexity index is 887. The van der Waals surface area contributed by atoms with Gasteiger partial charge in [0.25, 0.3) is 0 Å². The summed E-state index contributed by atoms with van der Waals surface area (Å²) in [5, 5.41) is 19.5. The van der Waals surface area contributed by atoms with Crippen molar-refractivity contribution in [3.63, 3.8) is 0 Å². The average molecular weight is 321 g/mol. The van der Waals surface area contributed by atoms with E-state index in [1.165, 1.54) is 10.8 Å². The molecule has 2 aromatic carbocycles. The molecule has 0 bridgehead atoms. The van der Waals surface area contributed by atoms with E-state index in [1.807, 2.05) is 26.0 Å². The average Bonchev–Trinajstić information content (AvgIpc) is 3.20. The third-order valence-electron chi connectivity index (χ3n) is 4.73. The zero-order valence-electron chi connectivity index (χ0n) is 13.7. The number of nitrogens with zero attached hydrogens (tertiary/aromatic N) is 3. The Morgan fingerprint density at radius 1 is 1.21 bits per heavy atom. The van der Waals surface area contributed by atoms with Crippen LogP contribution in [0.15, 0.2) is 42.5 Å². The van der Waals surface area contributed by atoms with Gasteiger partial charge in [0.2, 0.25) is 5.91 Å². The zero-order chi connectivity index (χ0) is 16.7. The molecule has 1 heterocycles. The molecule has 1 amide bonds. The topological polar surface area (TPSA) is 83.6 Å². The standard InChI is InChI=1S/C18H19N5O/c1-18(2,13-8-7-11-5-3-4-6-12(11)9-13)19-17(24)15-10-14(15)16-20-22-23-21-16/h3-9,14-15H,10H2,1-2H3,(H,19,24)(H,20,21,22,23)/t14-,15-/m1/s1. The minimum Gasteiger partial charge on any atom is -0.347 e. The summed E-state index contributed by atoms with van der Waals surface area (Å²) in [6, 6.07) is 14.5. The molecular weight excluding hydrogens is 302 g/mol. The van der Waals surface area contributed by atoms with Gasteiger partial charge in [0.05, 0.1) is 5.54 Å². The summed E-state index contributed by atoms with van der Waals surface area (Å²) in [6.07, 6.45) is 0.777. The summed E-state index contributed by atoms with van der Waals surface area (Å²) in [7, 11) is 0. The Morgan fingerprint density at radius 3 is 2.75 bits per heavy atom. The molecule has 0 saturated heterocycles. The number of amides is 1. The van der Waals surface area contributed by atoms with Gasteiger partial charge in [-0.15, -0.1) is 10.2 Å². The van der Waals surface area contributed by atoms with Crippen molar-refractivity contribution in [2.45, 2.75) is 31.7 Å². The van der Waals surface area contributed by atoms with E-state index >= 15 is 0 Å². The number of hydrogen-bond acceptors (Lipinski definition) is 4. The van der Waals surface area contributed by atoms with Crippen molar-refractivity contribution >= 4 is 16.7 Å². The third kappa shape index (κ3) is 2.64. The van der Waals surface area contributed by atoms with E-state index in [0.717, 1.165) is 12.0 Å². The number of nitrogens with one attached hydrogen (secondary N) is 2. The second-order valence-electron chi connectivity index (χ2n) is 6.89. The summed E-state index contributed by atoms with van der Waals surface area (Å²) in [5.74, 6) is 0.681. The normalized spacial score (nSPS) is 20.1. The Kier molecular flexibility index (Phi) is 3.33. The molecule has 0 unspecified atom stereocenters. The quantitative estimate of drug-likeness (QED) is 0.773. The van der Waals surface area contributed by atoms with Crippen LogP contribution >= 0.6 is 0 Å². The number of rotatable bonds is 4. The number of carbonyl (C=O) groups is 1. The molecule has 1 aromatic heterocycles. The number of aromatic nitrogens is 4. The second-order valence-corrected chi connectivity index (χ2v) is 6.89. The van der Waals surface area contributed by atoms with Crippen LogP contribution in [0, 0.1) is 5.92 Å². The fourth-order valence-corrected chi connectivity index (χ4v) is 3.15. The number of fused-ring (bicyclic) bond motifs is 1. The van der Waals surface area contributed by atoms with Crippen LogP contribution in [0.3, 0.4) is 0 Å². The molecule has 0 aliphatic heterocycles. The first-order valence-corrected chi connectivity index (χ1v) is 8.09. The fourth-order valence-electron chi connectivity index (χ4n) is 3.15. The molecule has 1 aliphatic carbocycles. The Hall–Kier alpha value is -2.76. The molecule has 4 rings (SSSR count). The van der Waals surface area contributed by atoms with Crippen LogP contribution in [0.5, 0.6) is 0 Å². The largest absolute Gasteiger partial charge is 0.347 e. The molecule has 2 N–H and O–H groups in total. The molecule has 122 valence electrons. The maximum absolute atomic E-state index is 12.6. The van der Waals surface area contributed by atoms with Gasteiger partial charge in [0.1, 0.15) is 0 Å². The number of aromatic amines is 1. The molecule has 0 radical (unpaired) electrons. The minimum absolute atomic E-state index is 0.0444.